The Morgan fingerprint density at radius 3 is 2.60 bits per heavy atom. The van der Waals surface area contributed by atoms with E-state index >= 15 is 0 Å². The molecule has 1 rings (SSSR count). The third-order valence-corrected chi connectivity index (χ3v) is 1.87. The number of anilines is 2. The van der Waals surface area contributed by atoms with E-state index in [0.29, 0.717) is 0 Å². The van der Waals surface area contributed by atoms with Crippen LogP contribution in [-0.4, -0.2) is 23.8 Å². The number of hydrogen-bond donors (Lipinski definition) is 2. The first-order valence-corrected chi connectivity index (χ1v) is 3.93. The van der Waals surface area contributed by atoms with Gasteiger partial charge in [-0.05, 0) is 6.92 Å². The van der Waals surface area contributed by atoms with Gasteiger partial charge in [0.1, 0.15) is 0 Å². The maximum Gasteiger partial charge on any atom is 0.207 e. The molecule has 0 aliphatic carbocycles. The molecular weight excluding hydrogens is 148 g/mol. The molecule has 1 aromatic heterocycles. The van der Waals surface area contributed by atoms with Crippen molar-refractivity contribution in [1.82, 2.24) is 10.2 Å². The van der Waals surface area contributed by atoms with E-state index in [0.717, 1.165) is 16.8 Å². The highest BCUT2D eigenvalue weighted by molar-refractivity contribution is 7.18. The lowest BCUT2D eigenvalue weighted by Crippen LogP contribution is -1.94. The summed E-state index contributed by atoms with van der Waals surface area (Å²) in [5.41, 5.74) is 0. The molecule has 10 heavy (non-hydrogen) atoms. The van der Waals surface area contributed by atoms with Gasteiger partial charge in [-0.1, -0.05) is 11.3 Å². The van der Waals surface area contributed by atoms with Crippen LogP contribution in [0.1, 0.15) is 6.92 Å². The van der Waals surface area contributed by atoms with Gasteiger partial charge in [-0.15, -0.1) is 10.2 Å². The fraction of sp³-hybridized carbons (Fsp3) is 0.600. The second kappa shape index (κ2) is 3.36. The lowest BCUT2D eigenvalue weighted by Gasteiger charge is -1.91. The highest BCUT2D eigenvalue weighted by atomic mass is 32.1. The van der Waals surface area contributed by atoms with Gasteiger partial charge < -0.3 is 10.6 Å². The molecule has 1 aromatic rings. The summed E-state index contributed by atoms with van der Waals surface area (Å²) in [5, 5.41) is 15.4. The number of hydrogen-bond acceptors (Lipinski definition) is 5. The average molecular weight is 158 g/mol. The van der Waals surface area contributed by atoms with Crippen LogP contribution in [-0.2, 0) is 0 Å². The molecule has 0 spiro atoms. The summed E-state index contributed by atoms with van der Waals surface area (Å²) in [5.74, 6) is 0. The van der Waals surface area contributed by atoms with Gasteiger partial charge in [-0.2, -0.15) is 0 Å². The van der Waals surface area contributed by atoms with Crippen LogP contribution in [0, 0.1) is 0 Å². The molecule has 0 aliphatic heterocycles. The van der Waals surface area contributed by atoms with Crippen molar-refractivity contribution in [3.63, 3.8) is 0 Å². The smallest absolute Gasteiger partial charge is 0.207 e. The van der Waals surface area contributed by atoms with E-state index in [2.05, 4.69) is 20.8 Å². The predicted molar refractivity (Wildman–Crippen MR) is 43.6 cm³/mol. The van der Waals surface area contributed by atoms with Crippen LogP contribution in [0.15, 0.2) is 0 Å². The Balaban J connectivity index is 2.59. The van der Waals surface area contributed by atoms with E-state index in [-0.39, 0.29) is 0 Å². The molecule has 0 radical (unpaired) electrons. The van der Waals surface area contributed by atoms with E-state index in [1.54, 1.807) is 0 Å². The second-order valence-corrected chi connectivity index (χ2v) is 2.67. The molecule has 2 N–H and O–H groups in total. The Hall–Kier alpha value is -0.840. The van der Waals surface area contributed by atoms with Gasteiger partial charge in [0.25, 0.3) is 0 Å². The SMILES string of the molecule is CCNc1nnc(NC)s1. The van der Waals surface area contributed by atoms with Crippen LogP contribution in [0.2, 0.25) is 0 Å². The third kappa shape index (κ3) is 1.57. The lowest BCUT2D eigenvalue weighted by atomic mass is 10.8. The first-order chi connectivity index (χ1) is 4.86. The summed E-state index contributed by atoms with van der Waals surface area (Å²) in [7, 11) is 1.83. The van der Waals surface area contributed by atoms with Crippen molar-refractivity contribution in [3.05, 3.63) is 0 Å². The zero-order chi connectivity index (χ0) is 7.40. The second-order valence-electron chi connectivity index (χ2n) is 1.69. The highest BCUT2D eigenvalue weighted by Gasteiger charge is 1.97. The molecular formula is C5H10N4S. The van der Waals surface area contributed by atoms with Crippen LogP contribution in [0.4, 0.5) is 10.3 Å². The van der Waals surface area contributed by atoms with Crippen molar-refractivity contribution in [3.8, 4) is 0 Å². The molecule has 0 bridgehead atoms. The van der Waals surface area contributed by atoms with Crippen molar-refractivity contribution in [1.29, 1.82) is 0 Å². The summed E-state index contributed by atoms with van der Waals surface area (Å²) in [6.07, 6.45) is 0. The van der Waals surface area contributed by atoms with E-state index in [4.69, 9.17) is 0 Å². The third-order valence-electron chi connectivity index (χ3n) is 0.967. The molecule has 0 saturated heterocycles. The Labute approximate surface area is 63.7 Å². The minimum Gasteiger partial charge on any atom is -0.363 e. The minimum atomic E-state index is 0.843. The Morgan fingerprint density at radius 1 is 1.40 bits per heavy atom. The Bertz CT molecular complexity index is 197. The molecule has 56 valence electrons. The van der Waals surface area contributed by atoms with E-state index < -0.39 is 0 Å². The fourth-order valence-corrected chi connectivity index (χ4v) is 1.21. The summed E-state index contributed by atoms with van der Waals surface area (Å²) < 4.78 is 0. The van der Waals surface area contributed by atoms with E-state index in [9.17, 15) is 0 Å². The standard InChI is InChI=1S/C5H10N4S/c1-3-7-5-9-8-4(6-2)10-5/h3H2,1-2H3,(H,6,8)(H,7,9). The quantitative estimate of drug-likeness (QED) is 0.689. The van der Waals surface area contributed by atoms with Gasteiger partial charge in [-0.3, -0.25) is 0 Å². The first kappa shape index (κ1) is 7.27. The zero-order valence-electron chi connectivity index (χ0n) is 6.01. The highest BCUT2D eigenvalue weighted by Crippen LogP contribution is 2.18. The molecule has 0 atom stereocenters. The van der Waals surface area contributed by atoms with Gasteiger partial charge >= 0.3 is 0 Å². The molecule has 0 aliphatic rings. The summed E-state index contributed by atoms with van der Waals surface area (Å²) >= 11 is 1.51. The van der Waals surface area contributed by atoms with Gasteiger partial charge in [0, 0.05) is 13.6 Å². The van der Waals surface area contributed by atoms with Crippen LogP contribution in [0.25, 0.3) is 0 Å². The maximum atomic E-state index is 3.87. The first-order valence-electron chi connectivity index (χ1n) is 3.12. The summed E-state index contributed by atoms with van der Waals surface area (Å²) in [6.45, 7) is 2.92. The molecule has 0 saturated carbocycles. The van der Waals surface area contributed by atoms with Crippen LogP contribution in [0.3, 0.4) is 0 Å². The molecule has 1 heterocycles. The van der Waals surface area contributed by atoms with Crippen molar-refractivity contribution in [2.45, 2.75) is 6.92 Å². The van der Waals surface area contributed by atoms with Crippen molar-refractivity contribution >= 4 is 21.6 Å². The summed E-state index contributed by atoms with van der Waals surface area (Å²) in [6, 6.07) is 0. The van der Waals surface area contributed by atoms with Crippen molar-refractivity contribution < 1.29 is 0 Å². The van der Waals surface area contributed by atoms with Crippen molar-refractivity contribution in [2.75, 3.05) is 24.2 Å². The van der Waals surface area contributed by atoms with Crippen molar-refractivity contribution in [2.24, 2.45) is 0 Å². The van der Waals surface area contributed by atoms with Crippen LogP contribution in [0.5, 0.6) is 0 Å². The van der Waals surface area contributed by atoms with Crippen LogP contribution >= 0.6 is 11.3 Å². The monoisotopic (exact) mass is 158 g/mol. The van der Waals surface area contributed by atoms with Crippen LogP contribution < -0.4 is 10.6 Å². The van der Waals surface area contributed by atoms with Gasteiger partial charge in [-0.25, -0.2) is 0 Å². The molecule has 4 nitrogen and oxygen atoms in total. The Kier molecular flexibility index (Phi) is 2.44. The number of nitrogens with one attached hydrogen (secondary N) is 2. The maximum absolute atomic E-state index is 3.87. The number of nitrogens with zero attached hydrogens (tertiary/aromatic N) is 2. The molecule has 5 heteroatoms. The zero-order valence-corrected chi connectivity index (χ0v) is 6.83. The molecule has 0 amide bonds. The van der Waals surface area contributed by atoms with Gasteiger partial charge in [0.05, 0.1) is 0 Å². The average Bonchev–Trinajstić information content (AvgIpc) is 2.37. The normalized spacial score (nSPS) is 9.40. The topological polar surface area (TPSA) is 49.8 Å². The molecule has 0 aromatic carbocycles. The predicted octanol–water partition coefficient (Wildman–Crippen LogP) is 1.01. The van der Waals surface area contributed by atoms with E-state index in [1.807, 2.05) is 14.0 Å². The fourth-order valence-electron chi connectivity index (χ4n) is 0.547. The number of aromatic nitrogens is 2. The van der Waals surface area contributed by atoms with E-state index in [1.165, 1.54) is 11.3 Å². The molecule has 0 unspecified atom stereocenters. The molecule has 0 fully saturated rings. The van der Waals surface area contributed by atoms with Gasteiger partial charge in [0.2, 0.25) is 10.3 Å². The Morgan fingerprint density at radius 2 is 2.10 bits per heavy atom. The van der Waals surface area contributed by atoms with Gasteiger partial charge in [0.15, 0.2) is 0 Å². The lowest BCUT2D eigenvalue weighted by molar-refractivity contribution is 1.06. The number of rotatable bonds is 3. The summed E-state index contributed by atoms with van der Waals surface area (Å²) in [4.78, 5) is 0. The largest absolute Gasteiger partial charge is 0.363 e. The minimum absolute atomic E-state index is 0.843.